The Kier molecular flexibility index (Phi) is 7.23. The molecule has 1 aliphatic heterocycles. The summed E-state index contributed by atoms with van der Waals surface area (Å²) in [5.41, 5.74) is 5.44. The van der Waals surface area contributed by atoms with Crippen LogP contribution in [0, 0.1) is 0 Å². The van der Waals surface area contributed by atoms with Crippen molar-refractivity contribution in [1.29, 1.82) is 0 Å². The molecule has 0 N–H and O–H groups in total. The molecule has 7 nitrogen and oxygen atoms in total. The van der Waals surface area contributed by atoms with Crippen LogP contribution in [0.25, 0.3) is 27.7 Å². The van der Waals surface area contributed by atoms with Crippen LogP contribution in [0.3, 0.4) is 0 Å². The Labute approximate surface area is 216 Å². The minimum atomic E-state index is 0.0114. The van der Waals surface area contributed by atoms with Crippen molar-refractivity contribution in [1.82, 2.24) is 14.8 Å². The normalized spacial score (nSPS) is 14.7. The maximum atomic E-state index is 13.2. The highest BCUT2D eigenvalue weighted by molar-refractivity contribution is 6.00. The molecule has 0 bridgehead atoms. The van der Waals surface area contributed by atoms with Crippen LogP contribution in [-0.2, 0) is 11.3 Å². The van der Waals surface area contributed by atoms with Gasteiger partial charge in [0.2, 0.25) is 5.91 Å². The summed E-state index contributed by atoms with van der Waals surface area (Å²) in [6.45, 7) is 5.77. The average Bonchev–Trinajstić information content (AvgIpc) is 3.36. The molecule has 1 amide bonds. The van der Waals surface area contributed by atoms with E-state index in [0.29, 0.717) is 18.8 Å². The summed E-state index contributed by atoms with van der Waals surface area (Å²) in [7, 11) is 3.29. The van der Waals surface area contributed by atoms with E-state index in [4.69, 9.17) is 13.9 Å². The number of hydrogen-bond donors (Lipinski definition) is 0. The van der Waals surface area contributed by atoms with Crippen molar-refractivity contribution in [3.05, 3.63) is 84.4 Å². The van der Waals surface area contributed by atoms with Crippen LogP contribution in [0.15, 0.2) is 77.6 Å². The quantitative estimate of drug-likeness (QED) is 0.325. The number of allylic oxidation sites excluding steroid dienone is 1. The lowest BCUT2D eigenvalue weighted by molar-refractivity contribution is -0.127. The maximum Gasteiger partial charge on any atom is 0.246 e. The van der Waals surface area contributed by atoms with E-state index >= 15 is 0 Å². The molecule has 0 saturated carbocycles. The third-order valence-electron chi connectivity index (χ3n) is 6.84. The highest BCUT2D eigenvalue weighted by Crippen LogP contribution is 2.38. The number of hydrogen-bond acceptors (Lipinski definition) is 6. The smallest absolute Gasteiger partial charge is 0.246 e. The molecule has 1 saturated heterocycles. The first-order valence-corrected chi connectivity index (χ1v) is 12.4. The fraction of sp³-hybridized carbons (Fsp3) is 0.267. The Morgan fingerprint density at radius 1 is 1.03 bits per heavy atom. The molecular weight excluding hydrogens is 466 g/mol. The molecule has 2 aromatic carbocycles. The topological polar surface area (TPSA) is 68.0 Å². The van der Waals surface area contributed by atoms with Crippen LogP contribution in [0.1, 0.15) is 18.2 Å². The molecular formula is C30H31N3O4. The van der Waals surface area contributed by atoms with Gasteiger partial charge in [-0.25, -0.2) is 0 Å². The highest BCUT2D eigenvalue weighted by Gasteiger charge is 2.21. The largest absolute Gasteiger partial charge is 0.497 e. The second kappa shape index (κ2) is 10.9. The zero-order valence-corrected chi connectivity index (χ0v) is 21.4. The summed E-state index contributed by atoms with van der Waals surface area (Å²) >= 11 is 0. The van der Waals surface area contributed by atoms with Crippen molar-refractivity contribution in [2.24, 2.45) is 0 Å². The molecule has 0 unspecified atom stereocenters. The predicted molar refractivity (Wildman–Crippen MR) is 144 cm³/mol. The van der Waals surface area contributed by atoms with Crippen LogP contribution in [0.5, 0.6) is 11.5 Å². The van der Waals surface area contributed by atoms with Gasteiger partial charge in [0.25, 0.3) is 0 Å². The van der Waals surface area contributed by atoms with Crippen LogP contribution < -0.4 is 9.47 Å². The van der Waals surface area contributed by atoms with Crippen LogP contribution >= 0.6 is 0 Å². The lowest BCUT2D eigenvalue weighted by Crippen LogP contribution is -2.47. The number of fused-ring (bicyclic) bond motifs is 1. The minimum Gasteiger partial charge on any atom is -0.497 e. The van der Waals surface area contributed by atoms with E-state index < -0.39 is 0 Å². The second-order valence-corrected chi connectivity index (χ2v) is 9.18. The van der Waals surface area contributed by atoms with Gasteiger partial charge in [0.15, 0.2) is 0 Å². The summed E-state index contributed by atoms with van der Waals surface area (Å²) in [6, 6.07) is 17.8. The highest BCUT2D eigenvalue weighted by atomic mass is 16.5. The first-order chi connectivity index (χ1) is 18.1. The summed E-state index contributed by atoms with van der Waals surface area (Å²) < 4.78 is 16.9. The summed E-state index contributed by atoms with van der Waals surface area (Å²) in [4.78, 5) is 21.8. The molecule has 5 rings (SSSR count). The standard InChI is InChI=1S/C30H31N3O4/c1-21(15-30(34)33-13-11-32(12-14-33)19-23-8-4-5-10-31-23)25-17-26-27(20-37-29(26)18-28(25)36-3)22-7-6-9-24(16-22)35-2/h4-10,15-18,20H,11-14,19H2,1-3H3/b21-15+. The van der Waals surface area contributed by atoms with Crippen molar-refractivity contribution >= 4 is 22.4 Å². The van der Waals surface area contributed by atoms with Gasteiger partial charge in [-0.2, -0.15) is 0 Å². The molecule has 1 aliphatic rings. The van der Waals surface area contributed by atoms with Crippen molar-refractivity contribution in [2.75, 3.05) is 40.4 Å². The average molecular weight is 498 g/mol. The first kappa shape index (κ1) is 24.6. The minimum absolute atomic E-state index is 0.0114. The predicted octanol–water partition coefficient (Wildman–Crippen LogP) is 5.26. The van der Waals surface area contributed by atoms with Gasteiger partial charge in [-0.1, -0.05) is 18.2 Å². The molecule has 7 heteroatoms. The molecule has 0 radical (unpaired) electrons. The van der Waals surface area contributed by atoms with E-state index in [1.165, 1.54) is 0 Å². The van der Waals surface area contributed by atoms with Gasteiger partial charge in [0, 0.05) is 67.6 Å². The molecule has 1 fully saturated rings. The number of benzene rings is 2. The Balaban J connectivity index is 1.35. The SMILES string of the molecule is COc1cccc(-c2coc3cc(OC)c(/C(C)=C/C(=O)N4CCN(Cc5ccccn5)CC4)cc23)c1. The molecule has 2 aromatic heterocycles. The molecule has 4 aromatic rings. The summed E-state index contributed by atoms with van der Waals surface area (Å²) in [6.07, 6.45) is 5.28. The maximum absolute atomic E-state index is 13.2. The Hall–Kier alpha value is -4.10. The Morgan fingerprint density at radius 3 is 2.59 bits per heavy atom. The van der Waals surface area contributed by atoms with Gasteiger partial charge in [-0.3, -0.25) is 14.7 Å². The number of piperazine rings is 1. The molecule has 37 heavy (non-hydrogen) atoms. The number of furan rings is 1. The van der Waals surface area contributed by atoms with Gasteiger partial charge in [-0.15, -0.1) is 0 Å². The van der Waals surface area contributed by atoms with Crippen LogP contribution in [-0.4, -0.2) is 61.1 Å². The molecule has 0 atom stereocenters. The number of nitrogens with zero attached hydrogens (tertiary/aromatic N) is 3. The van der Waals surface area contributed by atoms with Crippen molar-refractivity contribution in [3.63, 3.8) is 0 Å². The number of ether oxygens (including phenoxy) is 2. The number of aromatic nitrogens is 1. The Morgan fingerprint density at radius 2 is 1.86 bits per heavy atom. The monoisotopic (exact) mass is 497 g/mol. The van der Waals surface area contributed by atoms with Crippen molar-refractivity contribution < 1.29 is 18.7 Å². The van der Waals surface area contributed by atoms with E-state index in [1.807, 2.05) is 72.6 Å². The van der Waals surface area contributed by atoms with Gasteiger partial charge in [0.05, 0.1) is 26.2 Å². The first-order valence-electron chi connectivity index (χ1n) is 12.4. The lowest BCUT2D eigenvalue weighted by atomic mass is 9.99. The van der Waals surface area contributed by atoms with Crippen LogP contribution in [0.2, 0.25) is 0 Å². The van der Waals surface area contributed by atoms with Gasteiger partial charge >= 0.3 is 0 Å². The zero-order chi connectivity index (χ0) is 25.8. The fourth-order valence-electron chi connectivity index (χ4n) is 4.75. The van der Waals surface area contributed by atoms with Gasteiger partial charge in [0.1, 0.15) is 17.1 Å². The fourth-order valence-corrected chi connectivity index (χ4v) is 4.75. The van der Waals surface area contributed by atoms with Crippen LogP contribution in [0.4, 0.5) is 0 Å². The lowest BCUT2D eigenvalue weighted by Gasteiger charge is -2.34. The molecule has 190 valence electrons. The Bertz CT molecular complexity index is 1420. The third kappa shape index (κ3) is 5.37. The van der Waals surface area contributed by atoms with Gasteiger partial charge in [-0.05, 0) is 48.4 Å². The van der Waals surface area contributed by atoms with Crippen molar-refractivity contribution in [2.45, 2.75) is 13.5 Å². The van der Waals surface area contributed by atoms with E-state index in [2.05, 4.69) is 9.88 Å². The van der Waals surface area contributed by atoms with Gasteiger partial charge < -0.3 is 18.8 Å². The number of rotatable bonds is 7. The summed E-state index contributed by atoms with van der Waals surface area (Å²) in [5.74, 6) is 1.46. The molecule has 0 spiro atoms. The number of carbonyl (C=O) groups is 1. The summed E-state index contributed by atoms with van der Waals surface area (Å²) in [5, 5.41) is 0.951. The molecule has 3 heterocycles. The zero-order valence-electron chi connectivity index (χ0n) is 21.4. The number of pyridine rings is 1. The number of carbonyl (C=O) groups excluding carboxylic acids is 1. The number of methoxy groups -OCH3 is 2. The van der Waals surface area contributed by atoms with E-state index in [9.17, 15) is 4.79 Å². The number of amides is 1. The second-order valence-electron chi connectivity index (χ2n) is 9.18. The van der Waals surface area contributed by atoms with E-state index in [1.54, 1.807) is 26.6 Å². The molecule has 0 aliphatic carbocycles. The van der Waals surface area contributed by atoms with E-state index in [-0.39, 0.29) is 5.91 Å². The van der Waals surface area contributed by atoms with E-state index in [0.717, 1.165) is 64.3 Å². The van der Waals surface area contributed by atoms with Crippen molar-refractivity contribution in [3.8, 4) is 22.6 Å². The third-order valence-corrected chi connectivity index (χ3v) is 6.84.